The highest BCUT2D eigenvalue weighted by Gasteiger charge is 2.13. The number of hydrogen-bond donors (Lipinski definition) is 1. The summed E-state index contributed by atoms with van der Waals surface area (Å²) < 4.78 is 3.90. The predicted octanol–water partition coefficient (Wildman–Crippen LogP) is 1.80. The lowest BCUT2D eigenvalue weighted by Crippen LogP contribution is -2.00. The molecule has 0 amide bonds. The van der Waals surface area contributed by atoms with E-state index in [1.807, 2.05) is 49.7 Å². The Bertz CT molecular complexity index is 514. The molecular weight excluding hydrogens is 234 g/mol. The summed E-state index contributed by atoms with van der Waals surface area (Å²) in [6, 6.07) is 0. The molecule has 17 heavy (non-hydrogen) atoms. The molecule has 2 heterocycles. The Kier molecular flexibility index (Phi) is 3.42. The molecule has 2 rings (SSSR count). The van der Waals surface area contributed by atoms with Crippen LogP contribution in [0.2, 0.25) is 0 Å². The van der Waals surface area contributed by atoms with Crippen molar-refractivity contribution in [3.8, 4) is 0 Å². The van der Waals surface area contributed by atoms with Crippen molar-refractivity contribution in [1.29, 1.82) is 0 Å². The van der Waals surface area contributed by atoms with Crippen LogP contribution in [0.15, 0.2) is 17.6 Å². The van der Waals surface area contributed by atoms with Gasteiger partial charge in [0, 0.05) is 44.9 Å². The van der Waals surface area contributed by atoms with Crippen LogP contribution in [0.1, 0.15) is 11.3 Å². The highest BCUT2D eigenvalue weighted by atomic mass is 32.2. The molecule has 0 aliphatic rings. The van der Waals surface area contributed by atoms with E-state index in [-0.39, 0.29) is 0 Å². The number of aromatic nitrogens is 4. The fraction of sp³-hybridized carbons (Fsp3) is 0.455. The topological polar surface area (TPSA) is 47.7 Å². The Labute approximate surface area is 105 Å². The van der Waals surface area contributed by atoms with E-state index in [4.69, 9.17) is 0 Å². The SMILES string of the molecule is CNc1c(CSc2nccn2C)c(C)nn1C. The van der Waals surface area contributed by atoms with Gasteiger partial charge in [0.1, 0.15) is 5.82 Å². The van der Waals surface area contributed by atoms with Crippen molar-refractivity contribution in [2.45, 2.75) is 17.8 Å². The minimum Gasteiger partial charge on any atom is -0.373 e. The molecule has 0 aliphatic heterocycles. The maximum atomic E-state index is 4.42. The van der Waals surface area contributed by atoms with Gasteiger partial charge in [0.25, 0.3) is 0 Å². The second-order valence-corrected chi connectivity index (χ2v) is 4.84. The molecule has 0 spiro atoms. The molecule has 0 saturated carbocycles. The monoisotopic (exact) mass is 251 g/mol. The lowest BCUT2D eigenvalue weighted by Gasteiger charge is -2.05. The van der Waals surface area contributed by atoms with Gasteiger partial charge in [-0.05, 0) is 6.92 Å². The highest BCUT2D eigenvalue weighted by Crippen LogP contribution is 2.27. The summed E-state index contributed by atoms with van der Waals surface area (Å²) in [4.78, 5) is 4.30. The van der Waals surface area contributed by atoms with Gasteiger partial charge in [-0.15, -0.1) is 0 Å². The number of thioether (sulfide) groups is 1. The van der Waals surface area contributed by atoms with Crippen LogP contribution in [0, 0.1) is 6.92 Å². The van der Waals surface area contributed by atoms with Crippen LogP contribution in [-0.2, 0) is 19.8 Å². The number of rotatable bonds is 4. The smallest absolute Gasteiger partial charge is 0.167 e. The molecular formula is C11H17N5S. The third kappa shape index (κ3) is 2.31. The molecule has 5 nitrogen and oxygen atoms in total. The van der Waals surface area contributed by atoms with Crippen LogP contribution in [-0.4, -0.2) is 26.4 Å². The van der Waals surface area contributed by atoms with Gasteiger partial charge in [0.15, 0.2) is 5.16 Å². The second-order valence-electron chi connectivity index (χ2n) is 3.90. The Morgan fingerprint density at radius 2 is 2.18 bits per heavy atom. The molecule has 0 aliphatic carbocycles. The Balaban J connectivity index is 2.16. The van der Waals surface area contributed by atoms with Crippen molar-refractivity contribution < 1.29 is 0 Å². The maximum Gasteiger partial charge on any atom is 0.167 e. The third-order valence-electron chi connectivity index (χ3n) is 2.71. The van der Waals surface area contributed by atoms with Gasteiger partial charge < -0.3 is 9.88 Å². The van der Waals surface area contributed by atoms with Crippen molar-refractivity contribution in [3.63, 3.8) is 0 Å². The number of hydrogen-bond acceptors (Lipinski definition) is 4. The van der Waals surface area contributed by atoms with E-state index < -0.39 is 0 Å². The van der Waals surface area contributed by atoms with E-state index in [1.165, 1.54) is 5.56 Å². The van der Waals surface area contributed by atoms with Gasteiger partial charge in [-0.2, -0.15) is 5.10 Å². The molecule has 0 aromatic carbocycles. The molecule has 92 valence electrons. The number of nitrogens with zero attached hydrogens (tertiary/aromatic N) is 4. The molecule has 0 unspecified atom stereocenters. The standard InChI is InChI=1S/C11H17N5S/c1-8-9(10(12-2)16(4)14-8)7-17-11-13-5-6-15(11)3/h5-6,12H,7H2,1-4H3. The first-order valence-corrected chi connectivity index (χ1v) is 6.42. The average Bonchev–Trinajstić information content (AvgIpc) is 2.80. The molecule has 0 saturated heterocycles. The molecule has 0 radical (unpaired) electrons. The van der Waals surface area contributed by atoms with E-state index in [0.29, 0.717) is 0 Å². The van der Waals surface area contributed by atoms with E-state index in [0.717, 1.165) is 22.4 Å². The van der Waals surface area contributed by atoms with Gasteiger partial charge in [-0.1, -0.05) is 11.8 Å². The summed E-state index contributed by atoms with van der Waals surface area (Å²) in [5, 5.41) is 8.63. The quantitative estimate of drug-likeness (QED) is 0.842. The van der Waals surface area contributed by atoms with Crippen molar-refractivity contribution in [3.05, 3.63) is 23.7 Å². The third-order valence-corrected chi connectivity index (χ3v) is 3.79. The molecule has 2 aromatic rings. The summed E-state index contributed by atoms with van der Waals surface area (Å²) >= 11 is 1.72. The van der Waals surface area contributed by atoms with Crippen molar-refractivity contribution in [2.24, 2.45) is 14.1 Å². The second kappa shape index (κ2) is 4.83. The summed E-state index contributed by atoms with van der Waals surface area (Å²) in [6.45, 7) is 2.04. The zero-order chi connectivity index (χ0) is 12.4. The zero-order valence-corrected chi connectivity index (χ0v) is 11.4. The Hall–Kier alpha value is -1.43. The van der Waals surface area contributed by atoms with Crippen molar-refractivity contribution >= 4 is 17.6 Å². The predicted molar refractivity (Wildman–Crippen MR) is 70.3 cm³/mol. The minimum absolute atomic E-state index is 0.876. The molecule has 2 aromatic heterocycles. The zero-order valence-electron chi connectivity index (χ0n) is 10.6. The fourth-order valence-corrected chi connectivity index (χ4v) is 2.83. The average molecular weight is 251 g/mol. The van der Waals surface area contributed by atoms with Crippen molar-refractivity contribution in [2.75, 3.05) is 12.4 Å². The van der Waals surface area contributed by atoms with Gasteiger partial charge in [0.2, 0.25) is 0 Å². The van der Waals surface area contributed by atoms with Crippen molar-refractivity contribution in [1.82, 2.24) is 19.3 Å². The van der Waals surface area contributed by atoms with Crippen LogP contribution >= 0.6 is 11.8 Å². The van der Waals surface area contributed by atoms with E-state index in [9.17, 15) is 0 Å². The van der Waals surface area contributed by atoms with Crippen LogP contribution in [0.25, 0.3) is 0 Å². The number of imidazole rings is 1. The number of anilines is 1. The van der Waals surface area contributed by atoms with Gasteiger partial charge >= 0.3 is 0 Å². The van der Waals surface area contributed by atoms with Gasteiger partial charge in [0.05, 0.1) is 5.69 Å². The lowest BCUT2D eigenvalue weighted by molar-refractivity contribution is 0.763. The first-order valence-electron chi connectivity index (χ1n) is 5.43. The minimum atomic E-state index is 0.876. The Morgan fingerprint density at radius 3 is 2.76 bits per heavy atom. The van der Waals surface area contributed by atoms with Crippen LogP contribution in [0.3, 0.4) is 0 Å². The molecule has 0 fully saturated rings. The summed E-state index contributed by atoms with van der Waals surface area (Å²) in [5.41, 5.74) is 2.31. The van der Waals surface area contributed by atoms with Gasteiger partial charge in [-0.3, -0.25) is 4.68 Å². The van der Waals surface area contributed by atoms with Crippen LogP contribution < -0.4 is 5.32 Å². The molecule has 0 atom stereocenters. The molecule has 0 bridgehead atoms. The number of aryl methyl sites for hydroxylation is 3. The van der Waals surface area contributed by atoms with Crippen LogP contribution in [0.4, 0.5) is 5.82 Å². The summed E-state index contributed by atoms with van der Waals surface area (Å²) in [5.74, 6) is 1.95. The first-order chi connectivity index (χ1) is 8.13. The lowest BCUT2D eigenvalue weighted by atomic mass is 10.3. The molecule has 1 N–H and O–H groups in total. The number of nitrogens with one attached hydrogen (secondary N) is 1. The fourth-order valence-electron chi connectivity index (χ4n) is 1.82. The largest absolute Gasteiger partial charge is 0.373 e. The van der Waals surface area contributed by atoms with E-state index >= 15 is 0 Å². The van der Waals surface area contributed by atoms with E-state index in [1.54, 1.807) is 11.8 Å². The summed E-state index contributed by atoms with van der Waals surface area (Å²) in [7, 11) is 5.88. The molecule has 6 heteroatoms. The highest BCUT2D eigenvalue weighted by molar-refractivity contribution is 7.98. The van der Waals surface area contributed by atoms with Crippen LogP contribution in [0.5, 0.6) is 0 Å². The van der Waals surface area contributed by atoms with E-state index in [2.05, 4.69) is 15.4 Å². The Morgan fingerprint density at radius 1 is 1.41 bits per heavy atom. The summed E-state index contributed by atoms with van der Waals surface area (Å²) in [6.07, 6.45) is 3.77. The first kappa shape index (κ1) is 12.0. The van der Waals surface area contributed by atoms with Gasteiger partial charge in [-0.25, -0.2) is 4.98 Å². The maximum absolute atomic E-state index is 4.42. The normalized spacial score (nSPS) is 10.8.